The van der Waals surface area contributed by atoms with Crippen molar-refractivity contribution in [1.29, 1.82) is 0 Å². The third-order valence-corrected chi connectivity index (χ3v) is 4.51. The summed E-state index contributed by atoms with van der Waals surface area (Å²) in [7, 11) is 0. The summed E-state index contributed by atoms with van der Waals surface area (Å²) in [5, 5.41) is 11.5. The van der Waals surface area contributed by atoms with Crippen LogP contribution in [0.5, 0.6) is 0 Å². The van der Waals surface area contributed by atoms with Crippen molar-refractivity contribution in [2.24, 2.45) is 5.92 Å². The maximum absolute atomic E-state index is 12.2. The Hall–Kier alpha value is -1.49. The number of rotatable bonds is 8. The molecular weight excluding hydrogens is 286 g/mol. The van der Waals surface area contributed by atoms with E-state index in [9.17, 15) is 9.59 Å². The lowest BCUT2D eigenvalue weighted by atomic mass is 10.1. The van der Waals surface area contributed by atoms with Crippen LogP contribution in [0.3, 0.4) is 0 Å². The molecule has 0 saturated carbocycles. The fraction of sp³-hybridized carbons (Fsp3) is 0.500. The number of carbonyl (C=O) groups excluding carboxylic acids is 1. The van der Waals surface area contributed by atoms with Crippen molar-refractivity contribution in [3.8, 4) is 0 Å². The van der Waals surface area contributed by atoms with Crippen LogP contribution in [0, 0.1) is 5.92 Å². The van der Waals surface area contributed by atoms with Crippen LogP contribution in [0.1, 0.15) is 32.8 Å². The standard InChI is InChI=1S/C16H23NO3S/c1-4-21-15(11(2)3)16(20)17-13-8-5-12(6-9-13)7-10-14(18)19/h5-6,8-9,11,15H,4,7,10H2,1-3H3,(H,17,20)(H,18,19). The molecule has 0 heterocycles. The topological polar surface area (TPSA) is 66.4 Å². The molecule has 0 spiro atoms. The number of carbonyl (C=O) groups is 2. The lowest BCUT2D eigenvalue weighted by Crippen LogP contribution is -2.29. The van der Waals surface area contributed by atoms with Gasteiger partial charge >= 0.3 is 5.97 Å². The maximum atomic E-state index is 12.2. The Labute approximate surface area is 130 Å². The zero-order chi connectivity index (χ0) is 15.8. The van der Waals surface area contributed by atoms with Crippen LogP contribution in [-0.4, -0.2) is 28.0 Å². The highest BCUT2D eigenvalue weighted by Gasteiger charge is 2.21. The van der Waals surface area contributed by atoms with Crippen molar-refractivity contribution in [2.45, 2.75) is 38.9 Å². The van der Waals surface area contributed by atoms with Crippen molar-refractivity contribution in [1.82, 2.24) is 0 Å². The molecule has 1 amide bonds. The summed E-state index contributed by atoms with van der Waals surface area (Å²) >= 11 is 1.65. The van der Waals surface area contributed by atoms with Gasteiger partial charge in [-0.05, 0) is 35.8 Å². The Kier molecular flexibility index (Phi) is 7.29. The highest BCUT2D eigenvalue weighted by molar-refractivity contribution is 8.00. The molecule has 4 nitrogen and oxygen atoms in total. The van der Waals surface area contributed by atoms with Crippen LogP contribution < -0.4 is 5.32 Å². The Morgan fingerprint density at radius 3 is 2.33 bits per heavy atom. The molecule has 2 N–H and O–H groups in total. The number of carboxylic acid groups (broad SMARTS) is 1. The van der Waals surface area contributed by atoms with E-state index in [2.05, 4.69) is 5.32 Å². The highest BCUT2D eigenvalue weighted by atomic mass is 32.2. The molecule has 1 aromatic carbocycles. The van der Waals surface area contributed by atoms with E-state index in [1.165, 1.54) is 0 Å². The van der Waals surface area contributed by atoms with Gasteiger partial charge in [0.25, 0.3) is 0 Å². The van der Waals surface area contributed by atoms with Crippen LogP contribution >= 0.6 is 11.8 Å². The molecule has 0 radical (unpaired) electrons. The van der Waals surface area contributed by atoms with Crippen molar-refractivity contribution < 1.29 is 14.7 Å². The smallest absolute Gasteiger partial charge is 0.303 e. The number of thioether (sulfide) groups is 1. The number of hydrogen-bond donors (Lipinski definition) is 2. The second-order valence-electron chi connectivity index (χ2n) is 5.20. The first kappa shape index (κ1) is 17.6. The first-order valence-corrected chi connectivity index (χ1v) is 8.22. The number of nitrogens with one attached hydrogen (secondary N) is 1. The Balaban J connectivity index is 2.61. The average Bonchev–Trinajstić information content (AvgIpc) is 2.43. The van der Waals surface area contributed by atoms with E-state index in [4.69, 9.17) is 5.11 Å². The van der Waals surface area contributed by atoms with Gasteiger partial charge < -0.3 is 10.4 Å². The molecule has 116 valence electrons. The molecule has 0 aliphatic heterocycles. The summed E-state index contributed by atoms with van der Waals surface area (Å²) in [5.74, 6) is 0.411. The maximum Gasteiger partial charge on any atom is 0.303 e. The van der Waals surface area contributed by atoms with Crippen LogP contribution in [0.4, 0.5) is 5.69 Å². The van der Waals surface area contributed by atoms with Crippen LogP contribution in [0.25, 0.3) is 0 Å². The molecule has 0 fully saturated rings. The van der Waals surface area contributed by atoms with Gasteiger partial charge in [0.15, 0.2) is 0 Å². The number of amides is 1. The van der Waals surface area contributed by atoms with E-state index in [0.717, 1.165) is 17.0 Å². The molecule has 0 saturated heterocycles. The fourth-order valence-electron chi connectivity index (χ4n) is 1.97. The number of aryl methyl sites for hydroxylation is 1. The molecule has 0 aliphatic carbocycles. The van der Waals surface area contributed by atoms with E-state index in [-0.39, 0.29) is 23.5 Å². The first-order valence-electron chi connectivity index (χ1n) is 7.17. The van der Waals surface area contributed by atoms with Gasteiger partial charge in [-0.1, -0.05) is 32.9 Å². The van der Waals surface area contributed by atoms with Crippen molar-refractivity contribution in [3.63, 3.8) is 0 Å². The summed E-state index contributed by atoms with van der Waals surface area (Å²) in [4.78, 5) is 22.8. The molecule has 1 aromatic rings. The van der Waals surface area contributed by atoms with Gasteiger partial charge in [-0.3, -0.25) is 9.59 Å². The molecule has 5 heteroatoms. The molecule has 0 aromatic heterocycles. The van der Waals surface area contributed by atoms with Crippen LogP contribution in [0.15, 0.2) is 24.3 Å². The number of anilines is 1. The predicted molar refractivity (Wildman–Crippen MR) is 87.8 cm³/mol. The van der Waals surface area contributed by atoms with Crippen LogP contribution in [-0.2, 0) is 16.0 Å². The molecule has 21 heavy (non-hydrogen) atoms. The first-order chi connectivity index (χ1) is 9.93. The largest absolute Gasteiger partial charge is 0.481 e. The predicted octanol–water partition coefficient (Wildman–Crippen LogP) is 3.42. The minimum Gasteiger partial charge on any atom is -0.481 e. The third-order valence-electron chi connectivity index (χ3n) is 3.06. The minimum absolute atomic E-state index is 0.0233. The third kappa shape index (κ3) is 6.21. The van der Waals surface area contributed by atoms with Gasteiger partial charge in [-0.15, -0.1) is 11.8 Å². The molecule has 0 bridgehead atoms. The number of carboxylic acids is 1. The normalized spacial score (nSPS) is 12.2. The second-order valence-corrected chi connectivity index (χ2v) is 6.62. The minimum atomic E-state index is -0.802. The Morgan fingerprint density at radius 1 is 1.24 bits per heavy atom. The zero-order valence-corrected chi connectivity index (χ0v) is 13.6. The second kappa shape index (κ2) is 8.72. The van der Waals surface area contributed by atoms with Gasteiger partial charge in [0.05, 0.1) is 5.25 Å². The summed E-state index contributed by atoms with van der Waals surface area (Å²) < 4.78 is 0. The lowest BCUT2D eigenvalue weighted by Gasteiger charge is -2.19. The summed E-state index contributed by atoms with van der Waals surface area (Å²) in [6, 6.07) is 7.36. The monoisotopic (exact) mass is 309 g/mol. The van der Waals surface area contributed by atoms with E-state index in [0.29, 0.717) is 6.42 Å². The Morgan fingerprint density at radius 2 is 1.86 bits per heavy atom. The SMILES string of the molecule is CCSC(C(=O)Nc1ccc(CCC(=O)O)cc1)C(C)C. The van der Waals surface area contributed by atoms with Gasteiger partial charge in [0, 0.05) is 12.1 Å². The zero-order valence-electron chi connectivity index (χ0n) is 12.8. The summed E-state index contributed by atoms with van der Waals surface area (Å²) in [6.45, 7) is 6.13. The summed E-state index contributed by atoms with van der Waals surface area (Å²) in [5.41, 5.74) is 1.71. The summed E-state index contributed by atoms with van der Waals surface area (Å²) in [6.07, 6.45) is 0.623. The van der Waals surface area contributed by atoms with Crippen LogP contribution in [0.2, 0.25) is 0 Å². The van der Waals surface area contributed by atoms with Crippen molar-refractivity contribution >= 4 is 29.3 Å². The molecule has 1 atom stereocenters. The lowest BCUT2D eigenvalue weighted by molar-refractivity contribution is -0.137. The van der Waals surface area contributed by atoms with Gasteiger partial charge in [-0.2, -0.15) is 0 Å². The number of aliphatic carboxylic acids is 1. The van der Waals surface area contributed by atoms with E-state index in [1.807, 2.05) is 45.0 Å². The van der Waals surface area contributed by atoms with Gasteiger partial charge in [-0.25, -0.2) is 0 Å². The molecule has 0 aliphatic rings. The Bertz CT molecular complexity index is 471. The fourth-order valence-corrected chi connectivity index (χ4v) is 2.92. The van der Waals surface area contributed by atoms with E-state index >= 15 is 0 Å². The molecular formula is C16H23NO3S. The van der Waals surface area contributed by atoms with Crippen molar-refractivity contribution in [3.05, 3.63) is 29.8 Å². The van der Waals surface area contributed by atoms with Crippen molar-refractivity contribution in [2.75, 3.05) is 11.1 Å². The quantitative estimate of drug-likeness (QED) is 0.772. The van der Waals surface area contributed by atoms with Gasteiger partial charge in [0.2, 0.25) is 5.91 Å². The number of hydrogen-bond acceptors (Lipinski definition) is 3. The highest BCUT2D eigenvalue weighted by Crippen LogP contribution is 2.21. The van der Waals surface area contributed by atoms with E-state index in [1.54, 1.807) is 11.8 Å². The van der Waals surface area contributed by atoms with Gasteiger partial charge in [0.1, 0.15) is 0 Å². The van der Waals surface area contributed by atoms with E-state index < -0.39 is 5.97 Å². The molecule has 1 unspecified atom stereocenters. The molecule has 1 rings (SSSR count). The average molecular weight is 309 g/mol. The number of benzene rings is 1.